The number of methoxy groups -OCH3 is 1. The van der Waals surface area contributed by atoms with E-state index in [9.17, 15) is 0 Å². The van der Waals surface area contributed by atoms with Crippen LogP contribution < -0.4 is 4.74 Å². The third-order valence-electron chi connectivity index (χ3n) is 3.59. The highest BCUT2D eigenvalue weighted by Crippen LogP contribution is 2.36. The summed E-state index contributed by atoms with van der Waals surface area (Å²) in [5, 5.41) is 0. The first-order valence-corrected chi connectivity index (χ1v) is 6.94. The zero-order valence-corrected chi connectivity index (χ0v) is 12.7. The van der Waals surface area contributed by atoms with E-state index in [-0.39, 0.29) is 5.41 Å². The Morgan fingerprint density at radius 1 is 1.21 bits per heavy atom. The first-order chi connectivity index (χ1) is 8.91. The molecule has 1 aromatic carbocycles. The number of benzene rings is 1. The smallest absolute Gasteiger partial charge is 0.126 e. The number of hydrogen-bond donors (Lipinski definition) is 0. The van der Waals surface area contributed by atoms with Gasteiger partial charge in [0.05, 0.1) is 7.11 Å². The molecule has 1 heteroatoms. The normalized spacial score (nSPS) is 14.7. The maximum absolute atomic E-state index is 5.72. The summed E-state index contributed by atoms with van der Waals surface area (Å²) >= 11 is 0. The van der Waals surface area contributed by atoms with E-state index in [0.717, 1.165) is 18.6 Å². The lowest BCUT2D eigenvalue weighted by Crippen LogP contribution is -2.14. The summed E-state index contributed by atoms with van der Waals surface area (Å²) < 4.78 is 5.72. The fourth-order valence-corrected chi connectivity index (χ4v) is 2.64. The lowest BCUT2D eigenvalue weighted by Gasteiger charge is -2.25. The molecule has 0 bridgehead atoms. The highest BCUT2D eigenvalue weighted by molar-refractivity contribution is 5.49. The Kier molecular flexibility index (Phi) is 3.84. The molecule has 0 radical (unpaired) electrons. The van der Waals surface area contributed by atoms with Crippen molar-refractivity contribution in [3.05, 3.63) is 52.6 Å². The predicted octanol–water partition coefficient (Wildman–Crippen LogP) is 4.73. The third kappa shape index (κ3) is 3.09. The molecule has 2 rings (SSSR count). The maximum atomic E-state index is 5.72. The second-order valence-electron chi connectivity index (χ2n) is 6.39. The molecule has 1 aliphatic rings. The summed E-state index contributed by atoms with van der Waals surface area (Å²) in [6.07, 6.45) is 8.63. The molecule has 0 aromatic heterocycles. The van der Waals surface area contributed by atoms with Crippen molar-refractivity contribution in [1.82, 2.24) is 0 Å². The van der Waals surface area contributed by atoms with Crippen LogP contribution in [0.4, 0.5) is 0 Å². The molecule has 0 saturated heterocycles. The summed E-state index contributed by atoms with van der Waals surface area (Å²) in [5.74, 6) is 1.06. The molecule has 0 unspecified atom stereocenters. The van der Waals surface area contributed by atoms with Crippen LogP contribution in [0.15, 0.2) is 35.9 Å². The zero-order chi connectivity index (χ0) is 14.0. The topological polar surface area (TPSA) is 9.23 Å². The first kappa shape index (κ1) is 13.9. The van der Waals surface area contributed by atoms with Gasteiger partial charge in [0.2, 0.25) is 0 Å². The van der Waals surface area contributed by atoms with Crippen molar-refractivity contribution in [2.45, 2.75) is 46.0 Å². The van der Waals surface area contributed by atoms with Crippen molar-refractivity contribution in [2.24, 2.45) is 0 Å². The Bertz CT molecular complexity index is 527. The number of aryl methyl sites for hydroxylation is 1. The molecule has 1 aliphatic carbocycles. The van der Waals surface area contributed by atoms with Gasteiger partial charge in [0.1, 0.15) is 5.75 Å². The van der Waals surface area contributed by atoms with Crippen molar-refractivity contribution in [3.8, 4) is 5.75 Å². The molecule has 0 heterocycles. The van der Waals surface area contributed by atoms with E-state index in [4.69, 9.17) is 4.74 Å². The number of ether oxygens (including phenoxy) is 1. The van der Waals surface area contributed by atoms with Gasteiger partial charge < -0.3 is 4.74 Å². The Morgan fingerprint density at radius 2 is 1.95 bits per heavy atom. The molecule has 0 N–H and O–H groups in total. The van der Waals surface area contributed by atoms with Crippen molar-refractivity contribution in [1.29, 1.82) is 0 Å². The second-order valence-corrected chi connectivity index (χ2v) is 6.39. The number of rotatable bonds is 3. The number of hydrogen-bond acceptors (Lipinski definition) is 1. The van der Waals surface area contributed by atoms with Crippen LogP contribution in [0, 0.1) is 6.92 Å². The fraction of sp³-hybridized carbons (Fsp3) is 0.444. The highest BCUT2D eigenvalue weighted by Gasteiger charge is 2.22. The minimum atomic E-state index is 0.106. The van der Waals surface area contributed by atoms with Crippen molar-refractivity contribution in [2.75, 3.05) is 7.11 Å². The molecule has 1 nitrogen and oxygen atoms in total. The monoisotopic (exact) mass is 256 g/mol. The molecule has 0 amide bonds. The molecule has 0 spiro atoms. The van der Waals surface area contributed by atoms with Gasteiger partial charge in [-0.25, -0.2) is 0 Å². The molecular formula is C18H24O. The molecule has 0 atom stereocenters. The Labute approximate surface area is 117 Å². The van der Waals surface area contributed by atoms with Crippen molar-refractivity contribution in [3.63, 3.8) is 0 Å². The molecular weight excluding hydrogens is 232 g/mol. The minimum absolute atomic E-state index is 0.106. The molecule has 0 aliphatic heterocycles. The van der Waals surface area contributed by atoms with Gasteiger partial charge in [-0.2, -0.15) is 0 Å². The van der Waals surface area contributed by atoms with Gasteiger partial charge in [-0.3, -0.25) is 0 Å². The van der Waals surface area contributed by atoms with Crippen LogP contribution >= 0.6 is 0 Å². The number of allylic oxidation sites excluding steroid dienone is 4. The van der Waals surface area contributed by atoms with E-state index in [1.165, 1.54) is 22.3 Å². The first-order valence-electron chi connectivity index (χ1n) is 6.94. The summed E-state index contributed by atoms with van der Waals surface area (Å²) in [5.41, 5.74) is 5.49. The van der Waals surface area contributed by atoms with E-state index < -0.39 is 0 Å². The molecule has 1 aromatic rings. The second kappa shape index (κ2) is 5.24. The van der Waals surface area contributed by atoms with Gasteiger partial charge in [-0.15, -0.1) is 0 Å². The van der Waals surface area contributed by atoms with Crippen LogP contribution in [0.25, 0.3) is 0 Å². The van der Waals surface area contributed by atoms with Crippen LogP contribution in [-0.2, 0) is 11.8 Å². The van der Waals surface area contributed by atoms with E-state index in [1.807, 2.05) is 0 Å². The van der Waals surface area contributed by atoms with E-state index in [2.05, 4.69) is 58.1 Å². The highest BCUT2D eigenvalue weighted by atomic mass is 16.5. The molecule has 102 valence electrons. The van der Waals surface area contributed by atoms with E-state index in [1.54, 1.807) is 7.11 Å². The van der Waals surface area contributed by atoms with Crippen LogP contribution in [0.5, 0.6) is 5.75 Å². The summed E-state index contributed by atoms with van der Waals surface area (Å²) in [4.78, 5) is 0. The average Bonchev–Trinajstić information content (AvgIpc) is 2.80. The Balaban J connectivity index is 2.44. The average molecular weight is 256 g/mol. The van der Waals surface area contributed by atoms with Crippen LogP contribution in [0.3, 0.4) is 0 Å². The minimum Gasteiger partial charge on any atom is -0.496 e. The summed E-state index contributed by atoms with van der Waals surface area (Å²) in [6.45, 7) is 8.89. The van der Waals surface area contributed by atoms with Crippen molar-refractivity contribution < 1.29 is 4.74 Å². The Morgan fingerprint density at radius 3 is 2.47 bits per heavy atom. The lowest BCUT2D eigenvalue weighted by molar-refractivity contribution is 0.393. The van der Waals surface area contributed by atoms with E-state index in [0.29, 0.717) is 0 Å². The van der Waals surface area contributed by atoms with Crippen molar-refractivity contribution >= 4 is 0 Å². The quantitative estimate of drug-likeness (QED) is 0.759. The van der Waals surface area contributed by atoms with Crippen LogP contribution in [0.1, 0.15) is 43.9 Å². The van der Waals surface area contributed by atoms with Gasteiger partial charge in [0, 0.05) is 5.56 Å². The molecule has 0 saturated carbocycles. The van der Waals surface area contributed by atoms with E-state index >= 15 is 0 Å². The zero-order valence-electron chi connectivity index (χ0n) is 12.7. The Hall–Kier alpha value is -1.50. The summed E-state index contributed by atoms with van der Waals surface area (Å²) in [6, 6.07) is 4.51. The van der Waals surface area contributed by atoms with Gasteiger partial charge in [-0.05, 0) is 30.7 Å². The van der Waals surface area contributed by atoms with Gasteiger partial charge >= 0.3 is 0 Å². The standard InChI is InChI=1S/C18H24O/c1-13-10-15(12-14-8-6-7-9-14)17(19-5)16(11-13)18(2,3)4/h6-8,10-11H,9,12H2,1-5H3. The molecule has 19 heavy (non-hydrogen) atoms. The SMILES string of the molecule is COc1c(CC2=CC=CC2)cc(C)cc1C(C)(C)C. The van der Waals surface area contributed by atoms with Gasteiger partial charge in [0.15, 0.2) is 0 Å². The third-order valence-corrected chi connectivity index (χ3v) is 3.59. The predicted molar refractivity (Wildman–Crippen MR) is 82.0 cm³/mol. The molecule has 0 fully saturated rings. The van der Waals surface area contributed by atoms with Crippen LogP contribution in [-0.4, -0.2) is 7.11 Å². The van der Waals surface area contributed by atoms with Gasteiger partial charge in [0.25, 0.3) is 0 Å². The van der Waals surface area contributed by atoms with Gasteiger partial charge in [-0.1, -0.05) is 62.3 Å². The lowest BCUT2D eigenvalue weighted by atomic mass is 9.83. The van der Waals surface area contributed by atoms with Crippen LogP contribution in [0.2, 0.25) is 0 Å². The fourth-order valence-electron chi connectivity index (χ4n) is 2.64. The maximum Gasteiger partial charge on any atom is 0.126 e. The largest absolute Gasteiger partial charge is 0.496 e. The summed E-state index contributed by atoms with van der Waals surface area (Å²) in [7, 11) is 1.78.